The highest BCUT2D eigenvalue weighted by Crippen LogP contribution is 2.30. The summed E-state index contributed by atoms with van der Waals surface area (Å²) in [6, 6.07) is 7.01. The van der Waals surface area contributed by atoms with Crippen LogP contribution in [0.2, 0.25) is 0 Å². The number of hydrogen-bond donors (Lipinski definition) is 1. The summed E-state index contributed by atoms with van der Waals surface area (Å²) in [6.45, 7) is 0. The molecule has 102 valence electrons. The third-order valence-electron chi connectivity index (χ3n) is 2.77. The van der Waals surface area contributed by atoms with E-state index < -0.39 is 9.84 Å². The SMILES string of the molecule is CSc1ccc(-c2cc(N)n(C)n2)cc1S(C)(=O)=O. The van der Waals surface area contributed by atoms with Gasteiger partial charge in [0.25, 0.3) is 0 Å². The summed E-state index contributed by atoms with van der Waals surface area (Å²) in [7, 11) is -1.52. The molecule has 0 bridgehead atoms. The van der Waals surface area contributed by atoms with Gasteiger partial charge in [-0.05, 0) is 18.4 Å². The Hall–Kier alpha value is -1.47. The largest absolute Gasteiger partial charge is 0.384 e. The van der Waals surface area contributed by atoms with Gasteiger partial charge in [-0.15, -0.1) is 11.8 Å². The molecule has 0 amide bonds. The van der Waals surface area contributed by atoms with Gasteiger partial charge in [-0.25, -0.2) is 8.42 Å². The molecule has 0 unspecified atom stereocenters. The van der Waals surface area contributed by atoms with E-state index in [0.29, 0.717) is 16.4 Å². The predicted molar refractivity (Wildman–Crippen MR) is 77.9 cm³/mol. The topological polar surface area (TPSA) is 78.0 Å². The van der Waals surface area contributed by atoms with E-state index in [1.54, 1.807) is 29.9 Å². The Morgan fingerprint density at radius 2 is 2.00 bits per heavy atom. The highest BCUT2D eigenvalue weighted by molar-refractivity contribution is 7.99. The van der Waals surface area contributed by atoms with Crippen LogP contribution in [0.25, 0.3) is 11.3 Å². The van der Waals surface area contributed by atoms with Gasteiger partial charge in [0.1, 0.15) is 5.82 Å². The van der Waals surface area contributed by atoms with Crippen molar-refractivity contribution < 1.29 is 8.42 Å². The van der Waals surface area contributed by atoms with Gasteiger partial charge in [0, 0.05) is 29.8 Å². The van der Waals surface area contributed by atoms with Crippen LogP contribution in [0.3, 0.4) is 0 Å². The minimum absolute atomic E-state index is 0.321. The molecule has 0 saturated heterocycles. The summed E-state index contributed by atoms with van der Waals surface area (Å²) >= 11 is 1.41. The van der Waals surface area contributed by atoms with Gasteiger partial charge in [-0.1, -0.05) is 6.07 Å². The van der Waals surface area contributed by atoms with Gasteiger partial charge in [-0.2, -0.15) is 5.10 Å². The van der Waals surface area contributed by atoms with Crippen LogP contribution in [0.4, 0.5) is 5.82 Å². The molecule has 0 spiro atoms. The highest BCUT2D eigenvalue weighted by Gasteiger charge is 2.15. The molecule has 2 N–H and O–H groups in total. The second-order valence-electron chi connectivity index (χ2n) is 4.22. The lowest BCUT2D eigenvalue weighted by Crippen LogP contribution is -2.00. The number of aryl methyl sites for hydroxylation is 1. The lowest BCUT2D eigenvalue weighted by atomic mass is 10.1. The Morgan fingerprint density at radius 3 is 2.47 bits per heavy atom. The number of hydrogen-bond acceptors (Lipinski definition) is 5. The van der Waals surface area contributed by atoms with E-state index >= 15 is 0 Å². The van der Waals surface area contributed by atoms with Crippen molar-refractivity contribution >= 4 is 27.4 Å². The number of nitrogens with two attached hydrogens (primary N) is 1. The third-order valence-corrected chi connectivity index (χ3v) is 4.84. The summed E-state index contributed by atoms with van der Waals surface area (Å²) in [6.07, 6.45) is 3.06. The summed E-state index contributed by atoms with van der Waals surface area (Å²) in [5.74, 6) is 0.532. The fraction of sp³-hybridized carbons (Fsp3) is 0.250. The average Bonchev–Trinajstić information content (AvgIpc) is 2.68. The normalized spacial score (nSPS) is 11.7. The Balaban J connectivity index is 2.61. The van der Waals surface area contributed by atoms with Crippen LogP contribution in [0.15, 0.2) is 34.1 Å². The molecule has 0 aliphatic carbocycles. The molecule has 19 heavy (non-hydrogen) atoms. The van der Waals surface area contributed by atoms with Crippen molar-refractivity contribution in [2.24, 2.45) is 7.05 Å². The zero-order valence-electron chi connectivity index (χ0n) is 10.9. The first-order valence-electron chi connectivity index (χ1n) is 5.51. The van der Waals surface area contributed by atoms with E-state index in [9.17, 15) is 8.42 Å². The number of thioether (sulfide) groups is 1. The molecular weight excluding hydrogens is 282 g/mol. The summed E-state index contributed by atoms with van der Waals surface area (Å²) in [5.41, 5.74) is 7.14. The van der Waals surface area contributed by atoms with E-state index in [0.717, 1.165) is 10.5 Å². The van der Waals surface area contributed by atoms with Crippen LogP contribution < -0.4 is 5.73 Å². The summed E-state index contributed by atoms with van der Waals surface area (Å²) < 4.78 is 25.2. The molecule has 0 aliphatic heterocycles. The number of nitrogens with zero attached hydrogens (tertiary/aromatic N) is 2. The van der Waals surface area contributed by atoms with Gasteiger partial charge < -0.3 is 5.73 Å². The van der Waals surface area contributed by atoms with Crippen LogP contribution in [0.5, 0.6) is 0 Å². The second-order valence-corrected chi connectivity index (χ2v) is 7.05. The van der Waals surface area contributed by atoms with Crippen LogP contribution >= 0.6 is 11.8 Å². The Labute approximate surface area is 116 Å². The smallest absolute Gasteiger partial charge is 0.176 e. The Morgan fingerprint density at radius 1 is 1.32 bits per heavy atom. The highest BCUT2D eigenvalue weighted by atomic mass is 32.2. The number of aromatic nitrogens is 2. The molecule has 0 atom stereocenters. The first-order chi connectivity index (χ1) is 8.82. The van der Waals surface area contributed by atoms with Gasteiger partial charge >= 0.3 is 0 Å². The molecule has 0 saturated carbocycles. The van der Waals surface area contributed by atoms with Gasteiger partial charge in [0.15, 0.2) is 9.84 Å². The van der Waals surface area contributed by atoms with Gasteiger partial charge in [0.2, 0.25) is 0 Å². The van der Waals surface area contributed by atoms with Crippen LogP contribution in [-0.2, 0) is 16.9 Å². The maximum absolute atomic E-state index is 11.8. The van der Waals surface area contributed by atoms with Crippen molar-refractivity contribution in [2.45, 2.75) is 9.79 Å². The molecule has 2 aromatic rings. The number of nitrogen functional groups attached to an aromatic ring is 1. The van der Waals surface area contributed by atoms with Crippen molar-refractivity contribution in [3.05, 3.63) is 24.3 Å². The third kappa shape index (κ3) is 2.76. The number of rotatable bonds is 3. The fourth-order valence-electron chi connectivity index (χ4n) is 1.75. The predicted octanol–water partition coefficient (Wildman–Crippen LogP) is 1.79. The fourth-order valence-corrected chi connectivity index (χ4v) is 3.69. The van der Waals surface area contributed by atoms with Crippen molar-refractivity contribution in [2.75, 3.05) is 18.2 Å². The molecule has 1 heterocycles. The maximum atomic E-state index is 11.8. The van der Waals surface area contributed by atoms with Crippen molar-refractivity contribution in [3.8, 4) is 11.3 Å². The van der Waals surface area contributed by atoms with Crippen LogP contribution in [0, 0.1) is 0 Å². The van der Waals surface area contributed by atoms with Crippen molar-refractivity contribution in [3.63, 3.8) is 0 Å². The minimum Gasteiger partial charge on any atom is -0.384 e. The van der Waals surface area contributed by atoms with E-state index in [2.05, 4.69) is 5.10 Å². The average molecular weight is 297 g/mol. The maximum Gasteiger partial charge on any atom is 0.176 e. The molecule has 0 aliphatic rings. The Bertz CT molecular complexity index is 701. The minimum atomic E-state index is -3.27. The number of sulfone groups is 1. The molecule has 0 radical (unpaired) electrons. The van der Waals surface area contributed by atoms with Crippen molar-refractivity contribution in [1.82, 2.24) is 9.78 Å². The molecule has 0 fully saturated rings. The molecule has 5 nitrogen and oxygen atoms in total. The standard InChI is InChI=1S/C12H15N3O2S2/c1-15-12(13)7-9(14-15)8-4-5-10(18-2)11(6-8)19(3,16)17/h4-7H,13H2,1-3H3. The monoisotopic (exact) mass is 297 g/mol. The van der Waals surface area contributed by atoms with E-state index in [-0.39, 0.29) is 0 Å². The van der Waals surface area contributed by atoms with Crippen LogP contribution in [-0.4, -0.2) is 30.7 Å². The van der Waals surface area contributed by atoms with E-state index in [1.807, 2.05) is 12.3 Å². The van der Waals surface area contributed by atoms with Crippen LogP contribution in [0.1, 0.15) is 0 Å². The molecular formula is C12H15N3O2S2. The lowest BCUT2D eigenvalue weighted by Gasteiger charge is -2.07. The first kappa shape index (κ1) is 14.0. The molecule has 2 rings (SSSR count). The van der Waals surface area contributed by atoms with Crippen molar-refractivity contribution in [1.29, 1.82) is 0 Å². The quantitative estimate of drug-likeness (QED) is 0.874. The number of anilines is 1. The lowest BCUT2D eigenvalue weighted by molar-refractivity contribution is 0.600. The second kappa shape index (κ2) is 4.90. The summed E-state index contributed by atoms with van der Waals surface area (Å²) in [4.78, 5) is 1.05. The Kier molecular flexibility index (Phi) is 3.60. The number of benzene rings is 1. The first-order valence-corrected chi connectivity index (χ1v) is 8.62. The molecule has 1 aromatic heterocycles. The zero-order valence-corrected chi connectivity index (χ0v) is 12.5. The van der Waals surface area contributed by atoms with Gasteiger partial charge in [-0.3, -0.25) is 4.68 Å². The van der Waals surface area contributed by atoms with E-state index in [4.69, 9.17) is 5.73 Å². The molecule has 7 heteroatoms. The molecule has 1 aromatic carbocycles. The summed E-state index contributed by atoms with van der Waals surface area (Å²) in [5, 5.41) is 4.25. The van der Waals surface area contributed by atoms with E-state index in [1.165, 1.54) is 18.0 Å². The zero-order chi connectivity index (χ0) is 14.2. The van der Waals surface area contributed by atoms with Gasteiger partial charge in [0.05, 0.1) is 10.6 Å².